The van der Waals surface area contributed by atoms with Crippen LogP contribution in [0.25, 0.3) is 0 Å². The van der Waals surface area contributed by atoms with Gasteiger partial charge in [-0.05, 0) is 30.9 Å². The van der Waals surface area contributed by atoms with Gasteiger partial charge in [0.2, 0.25) is 0 Å². The standard InChI is InChI=1S/C11H17N3O2/c1-14(6-8-4-10(16)5-8)11-3-2-9(7-15)12-13-11/h2-3,8,10,15-16H,4-7H2,1H3. The Hall–Kier alpha value is -1.20. The predicted molar refractivity (Wildman–Crippen MR) is 60.0 cm³/mol. The van der Waals surface area contributed by atoms with Crippen LogP contribution >= 0.6 is 0 Å². The lowest BCUT2D eigenvalue weighted by Gasteiger charge is -2.34. The highest BCUT2D eigenvalue weighted by Gasteiger charge is 2.28. The van der Waals surface area contributed by atoms with E-state index in [2.05, 4.69) is 10.2 Å². The lowest BCUT2D eigenvalue weighted by atomic mass is 9.82. The summed E-state index contributed by atoms with van der Waals surface area (Å²) in [5.41, 5.74) is 0.580. The quantitative estimate of drug-likeness (QED) is 0.762. The Labute approximate surface area is 94.7 Å². The van der Waals surface area contributed by atoms with Crippen molar-refractivity contribution in [2.45, 2.75) is 25.6 Å². The molecule has 0 bridgehead atoms. The van der Waals surface area contributed by atoms with Crippen LogP contribution in [0.1, 0.15) is 18.5 Å². The van der Waals surface area contributed by atoms with Crippen LogP contribution in [-0.4, -0.2) is 40.1 Å². The van der Waals surface area contributed by atoms with Crippen LogP contribution in [0.2, 0.25) is 0 Å². The number of anilines is 1. The Balaban J connectivity index is 1.90. The average molecular weight is 223 g/mol. The fourth-order valence-electron chi connectivity index (χ4n) is 1.97. The number of rotatable bonds is 4. The van der Waals surface area contributed by atoms with E-state index < -0.39 is 0 Å². The van der Waals surface area contributed by atoms with Gasteiger partial charge < -0.3 is 15.1 Å². The van der Waals surface area contributed by atoms with Gasteiger partial charge in [-0.1, -0.05) is 0 Å². The summed E-state index contributed by atoms with van der Waals surface area (Å²) in [5.74, 6) is 1.36. The number of aromatic nitrogens is 2. The van der Waals surface area contributed by atoms with Gasteiger partial charge >= 0.3 is 0 Å². The first-order valence-electron chi connectivity index (χ1n) is 5.51. The van der Waals surface area contributed by atoms with E-state index in [1.807, 2.05) is 18.0 Å². The molecule has 5 heteroatoms. The van der Waals surface area contributed by atoms with Crippen molar-refractivity contribution in [1.29, 1.82) is 0 Å². The Morgan fingerprint density at radius 2 is 2.12 bits per heavy atom. The van der Waals surface area contributed by atoms with Crippen LogP contribution < -0.4 is 4.90 Å². The van der Waals surface area contributed by atoms with Crippen molar-refractivity contribution in [2.24, 2.45) is 5.92 Å². The second-order valence-electron chi connectivity index (χ2n) is 4.41. The Bertz CT molecular complexity index is 336. The van der Waals surface area contributed by atoms with Crippen LogP contribution in [0.3, 0.4) is 0 Å². The fraction of sp³-hybridized carbons (Fsp3) is 0.636. The molecule has 1 aromatic heterocycles. The van der Waals surface area contributed by atoms with E-state index in [9.17, 15) is 5.11 Å². The molecule has 0 amide bonds. The molecule has 0 saturated heterocycles. The smallest absolute Gasteiger partial charge is 0.150 e. The van der Waals surface area contributed by atoms with Gasteiger partial charge in [-0.25, -0.2) is 0 Å². The molecule has 1 heterocycles. The maximum absolute atomic E-state index is 9.20. The molecule has 1 aromatic rings. The van der Waals surface area contributed by atoms with Crippen LogP contribution in [0.4, 0.5) is 5.82 Å². The lowest BCUT2D eigenvalue weighted by Crippen LogP contribution is -2.37. The summed E-state index contributed by atoms with van der Waals surface area (Å²) in [6.07, 6.45) is 1.65. The molecular formula is C11H17N3O2. The van der Waals surface area contributed by atoms with Crippen molar-refractivity contribution in [3.05, 3.63) is 17.8 Å². The third kappa shape index (κ3) is 2.48. The van der Waals surface area contributed by atoms with Gasteiger partial charge in [0.1, 0.15) is 0 Å². The minimum Gasteiger partial charge on any atom is -0.393 e. The lowest BCUT2D eigenvalue weighted by molar-refractivity contribution is 0.0464. The molecule has 0 unspecified atom stereocenters. The molecule has 0 radical (unpaired) electrons. The summed E-state index contributed by atoms with van der Waals surface area (Å²) in [4.78, 5) is 2.03. The molecule has 88 valence electrons. The van der Waals surface area contributed by atoms with E-state index >= 15 is 0 Å². The molecule has 1 saturated carbocycles. The summed E-state index contributed by atoms with van der Waals surface area (Å²) >= 11 is 0. The average Bonchev–Trinajstić information content (AvgIpc) is 2.27. The molecule has 16 heavy (non-hydrogen) atoms. The van der Waals surface area contributed by atoms with Crippen molar-refractivity contribution in [2.75, 3.05) is 18.5 Å². The van der Waals surface area contributed by atoms with E-state index in [4.69, 9.17) is 5.11 Å². The van der Waals surface area contributed by atoms with Crippen molar-refractivity contribution < 1.29 is 10.2 Å². The first kappa shape index (κ1) is 11.3. The molecule has 2 N–H and O–H groups in total. The summed E-state index contributed by atoms with van der Waals surface area (Å²) in [7, 11) is 1.97. The van der Waals surface area contributed by atoms with Gasteiger partial charge in [0, 0.05) is 13.6 Å². The van der Waals surface area contributed by atoms with Crippen LogP contribution in [0.5, 0.6) is 0 Å². The van der Waals surface area contributed by atoms with E-state index in [0.717, 1.165) is 25.2 Å². The molecule has 1 aliphatic carbocycles. The molecular weight excluding hydrogens is 206 g/mol. The minimum atomic E-state index is -0.110. The molecule has 0 spiro atoms. The van der Waals surface area contributed by atoms with E-state index in [0.29, 0.717) is 11.6 Å². The summed E-state index contributed by atoms with van der Waals surface area (Å²) in [5, 5.41) is 26.0. The first-order chi connectivity index (χ1) is 7.69. The molecule has 0 aliphatic heterocycles. The maximum atomic E-state index is 9.20. The molecule has 5 nitrogen and oxygen atoms in total. The molecule has 0 atom stereocenters. The second-order valence-corrected chi connectivity index (χ2v) is 4.41. The monoisotopic (exact) mass is 223 g/mol. The predicted octanol–water partition coefficient (Wildman–Crippen LogP) is 0.176. The molecule has 1 fully saturated rings. The third-order valence-corrected chi connectivity index (χ3v) is 3.00. The van der Waals surface area contributed by atoms with Crippen molar-refractivity contribution in [3.8, 4) is 0 Å². The van der Waals surface area contributed by atoms with Crippen molar-refractivity contribution in [1.82, 2.24) is 10.2 Å². The highest BCUT2D eigenvalue weighted by Crippen LogP contribution is 2.28. The van der Waals surface area contributed by atoms with Gasteiger partial charge in [0.25, 0.3) is 0 Å². The van der Waals surface area contributed by atoms with Crippen LogP contribution in [-0.2, 0) is 6.61 Å². The number of hydrogen-bond donors (Lipinski definition) is 2. The zero-order chi connectivity index (χ0) is 11.5. The number of hydrogen-bond acceptors (Lipinski definition) is 5. The van der Waals surface area contributed by atoms with E-state index in [1.54, 1.807) is 6.07 Å². The van der Waals surface area contributed by atoms with Gasteiger partial charge in [-0.15, -0.1) is 5.10 Å². The van der Waals surface area contributed by atoms with Crippen molar-refractivity contribution in [3.63, 3.8) is 0 Å². The van der Waals surface area contributed by atoms with Crippen LogP contribution in [0.15, 0.2) is 12.1 Å². The summed E-state index contributed by atoms with van der Waals surface area (Å²) in [6.45, 7) is 0.815. The Morgan fingerprint density at radius 3 is 2.62 bits per heavy atom. The zero-order valence-electron chi connectivity index (χ0n) is 9.37. The fourth-order valence-corrected chi connectivity index (χ4v) is 1.97. The highest BCUT2D eigenvalue weighted by atomic mass is 16.3. The first-order valence-corrected chi connectivity index (χ1v) is 5.51. The van der Waals surface area contributed by atoms with Gasteiger partial charge in [-0.3, -0.25) is 0 Å². The topological polar surface area (TPSA) is 69.5 Å². The van der Waals surface area contributed by atoms with E-state index in [-0.39, 0.29) is 12.7 Å². The number of aliphatic hydroxyl groups excluding tert-OH is 2. The third-order valence-electron chi connectivity index (χ3n) is 3.00. The maximum Gasteiger partial charge on any atom is 0.150 e. The normalized spacial score (nSPS) is 23.9. The van der Waals surface area contributed by atoms with E-state index in [1.165, 1.54) is 0 Å². The summed E-state index contributed by atoms with van der Waals surface area (Å²) in [6, 6.07) is 3.63. The summed E-state index contributed by atoms with van der Waals surface area (Å²) < 4.78 is 0. The van der Waals surface area contributed by atoms with Crippen molar-refractivity contribution >= 4 is 5.82 Å². The molecule has 0 aromatic carbocycles. The SMILES string of the molecule is CN(CC1CC(O)C1)c1ccc(CO)nn1. The highest BCUT2D eigenvalue weighted by molar-refractivity contribution is 5.36. The number of nitrogens with zero attached hydrogens (tertiary/aromatic N) is 3. The largest absolute Gasteiger partial charge is 0.393 e. The molecule has 1 aliphatic rings. The number of aliphatic hydroxyl groups is 2. The minimum absolute atomic E-state index is 0.0776. The Kier molecular flexibility index (Phi) is 3.36. The van der Waals surface area contributed by atoms with Gasteiger partial charge in [0.05, 0.1) is 18.4 Å². The van der Waals surface area contributed by atoms with Crippen LogP contribution in [0, 0.1) is 5.92 Å². The zero-order valence-corrected chi connectivity index (χ0v) is 9.37. The van der Waals surface area contributed by atoms with Gasteiger partial charge in [-0.2, -0.15) is 5.10 Å². The van der Waals surface area contributed by atoms with Gasteiger partial charge in [0.15, 0.2) is 5.82 Å². The Morgan fingerprint density at radius 1 is 1.38 bits per heavy atom. The molecule has 2 rings (SSSR count). The second kappa shape index (κ2) is 4.76.